The molecule has 0 aliphatic carbocycles. The molecule has 102 valence electrons. The predicted octanol–water partition coefficient (Wildman–Crippen LogP) is 1.88. The quantitative estimate of drug-likeness (QED) is 0.383. The van der Waals surface area contributed by atoms with Gasteiger partial charge in [0.1, 0.15) is 0 Å². The van der Waals surface area contributed by atoms with Gasteiger partial charge in [-0.2, -0.15) is 0 Å². The summed E-state index contributed by atoms with van der Waals surface area (Å²) in [7, 11) is 0. The number of nitrogens with one attached hydrogen (secondary N) is 1. The molecule has 0 aromatic rings. The van der Waals surface area contributed by atoms with Gasteiger partial charge in [0, 0.05) is 6.42 Å². The molecule has 0 radical (unpaired) electrons. The van der Waals surface area contributed by atoms with Gasteiger partial charge < -0.3 is 16.8 Å². The lowest BCUT2D eigenvalue weighted by Gasteiger charge is -2.13. The molecule has 1 unspecified atom stereocenters. The van der Waals surface area contributed by atoms with Crippen LogP contribution >= 0.6 is 0 Å². The topological polar surface area (TPSA) is 81.1 Å². The molecule has 0 aliphatic heterocycles. The SMILES string of the molecule is CCCCCCCC(N)NC(=O)CCCCN. The van der Waals surface area contributed by atoms with Crippen LogP contribution in [0.15, 0.2) is 0 Å². The van der Waals surface area contributed by atoms with E-state index in [1.165, 1.54) is 25.7 Å². The molecular weight excluding hydrogens is 214 g/mol. The largest absolute Gasteiger partial charge is 0.341 e. The minimum Gasteiger partial charge on any atom is -0.341 e. The van der Waals surface area contributed by atoms with Gasteiger partial charge in [0.25, 0.3) is 0 Å². The molecule has 0 bridgehead atoms. The summed E-state index contributed by atoms with van der Waals surface area (Å²) >= 11 is 0. The lowest BCUT2D eigenvalue weighted by Crippen LogP contribution is -2.41. The Balaban J connectivity index is 3.37. The third-order valence-corrected chi connectivity index (χ3v) is 2.82. The lowest BCUT2D eigenvalue weighted by atomic mass is 10.1. The minimum atomic E-state index is -0.179. The first kappa shape index (κ1) is 16.4. The standard InChI is InChI=1S/C13H29N3O/c1-2-3-4-5-6-9-12(15)16-13(17)10-7-8-11-14/h12H,2-11,14-15H2,1H3,(H,16,17). The lowest BCUT2D eigenvalue weighted by molar-refractivity contribution is -0.121. The molecule has 0 saturated heterocycles. The molecule has 17 heavy (non-hydrogen) atoms. The molecule has 0 spiro atoms. The number of amides is 1. The van der Waals surface area contributed by atoms with Gasteiger partial charge >= 0.3 is 0 Å². The van der Waals surface area contributed by atoms with Gasteiger partial charge in [0.15, 0.2) is 0 Å². The maximum Gasteiger partial charge on any atom is 0.221 e. The average molecular weight is 243 g/mol. The van der Waals surface area contributed by atoms with Crippen molar-refractivity contribution >= 4 is 5.91 Å². The molecule has 0 aliphatic rings. The number of rotatable bonds is 11. The third kappa shape index (κ3) is 11.6. The summed E-state index contributed by atoms with van der Waals surface area (Å²) < 4.78 is 0. The van der Waals surface area contributed by atoms with Crippen LogP contribution in [0.25, 0.3) is 0 Å². The third-order valence-electron chi connectivity index (χ3n) is 2.82. The van der Waals surface area contributed by atoms with Crippen molar-refractivity contribution in [3.8, 4) is 0 Å². The molecule has 1 amide bonds. The summed E-state index contributed by atoms with van der Waals surface area (Å²) in [4.78, 5) is 11.4. The van der Waals surface area contributed by atoms with Gasteiger partial charge in [0.05, 0.1) is 6.17 Å². The molecule has 5 N–H and O–H groups in total. The second kappa shape index (κ2) is 11.9. The van der Waals surface area contributed by atoms with Crippen LogP contribution in [0.4, 0.5) is 0 Å². The Hall–Kier alpha value is -0.610. The number of nitrogens with two attached hydrogens (primary N) is 2. The number of hydrogen-bond acceptors (Lipinski definition) is 3. The fourth-order valence-corrected chi connectivity index (χ4v) is 1.75. The summed E-state index contributed by atoms with van der Waals surface area (Å²) in [5, 5.41) is 2.83. The van der Waals surface area contributed by atoms with Crippen molar-refractivity contribution in [1.29, 1.82) is 0 Å². The number of carbonyl (C=O) groups is 1. The minimum absolute atomic E-state index is 0.0551. The Morgan fingerprint density at radius 1 is 1.12 bits per heavy atom. The fraction of sp³-hybridized carbons (Fsp3) is 0.923. The predicted molar refractivity (Wildman–Crippen MR) is 72.4 cm³/mol. The molecule has 4 heteroatoms. The Morgan fingerprint density at radius 2 is 1.82 bits per heavy atom. The molecule has 1 atom stereocenters. The molecule has 0 aromatic heterocycles. The Bertz CT molecular complexity index is 186. The molecular formula is C13H29N3O. The first-order valence-electron chi connectivity index (χ1n) is 6.95. The zero-order valence-corrected chi connectivity index (χ0v) is 11.2. The van der Waals surface area contributed by atoms with Crippen LogP contribution in [0.2, 0.25) is 0 Å². The number of carbonyl (C=O) groups excluding carboxylic acids is 1. The van der Waals surface area contributed by atoms with Crippen molar-refractivity contribution in [3.05, 3.63) is 0 Å². The highest BCUT2D eigenvalue weighted by Gasteiger charge is 2.06. The van der Waals surface area contributed by atoms with E-state index in [-0.39, 0.29) is 12.1 Å². The van der Waals surface area contributed by atoms with Crippen LogP contribution in [0.5, 0.6) is 0 Å². The van der Waals surface area contributed by atoms with Crippen molar-refractivity contribution in [2.24, 2.45) is 11.5 Å². The van der Waals surface area contributed by atoms with Crippen LogP contribution in [-0.2, 0) is 4.79 Å². The highest BCUT2D eigenvalue weighted by atomic mass is 16.1. The highest BCUT2D eigenvalue weighted by molar-refractivity contribution is 5.76. The summed E-state index contributed by atoms with van der Waals surface area (Å²) in [6.07, 6.45) is 9.13. The van der Waals surface area contributed by atoms with E-state index in [4.69, 9.17) is 11.5 Å². The van der Waals surface area contributed by atoms with Gasteiger partial charge in [0.2, 0.25) is 5.91 Å². The number of unbranched alkanes of at least 4 members (excludes halogenated alkanes) is 5. The molecule has 4 nitrogen and oxygen atoms in total. The molecule has 0 aromatic carbocycles. The second-order valence-corrected chi connectivity index (χ2v) is 4.62. The highest BCUT2D eigenvalue weighted by Crippen LogP contribution is 2.05. The van der Waals surface area contributed by atoms with E-state index in [1.54, 1.807) is 0 Å². The smallest absolute Gasteiger partial charge is 0.221 e. The Morgan fingerprint density at radius 3 is 2.47 bits per heavy atom. The van der Waals surface area contributed by atoms with E-state index in [0.29, 0.717) is 13.0 Å². The normalized spacial score (nSPS) is 12.4. The fourth-order valence-electron chi connectivity index (χ4n) is 1.75. The second-order valence-electron chi connectivity index (χ2n) is 4.62. The zero-order chi connectivity index (χ0) is 12.9. The van der Waals surface area contributed by atoms with E-state index in [1.807, 2.05) is 0 Å². The molecule has 0 fully saturated rings. The summed E-state index contributed by atoms with van der Waals surface area (Å²) in [5.74, 6) is 0.0551. The van der Waals surface area contributed by atoms with Crippen molar-refractivity contribution in [2.45, 2.75) is 70.9 Å². The molecule has 0 rings (SSSR count). The van der Waals surface area contributed by atoms with E-state index >= 15 is 0 Å². The molecule has 0 saturated carbocycles. The van der Waals surface area contributed by atoms with E-state index in [2.05, 4.69) is 12.2 Å². The first-order chi connectivity index (χ1) is 8.20. The van der Waals surface area contributed by atoms with Crippen LogP contribution < -0.4 is 16.8 Å². The van der Waals surface area contributed by atoms with Gasteiger partial charge in [-0.3, -0.25) is 4.79 Å². The molecule has 0 heterocycles. The van der Waals surface area contributed by atoms with E-state index in [0.717, 1.165) is 25.7 Å². The maximum atomic E-state index is 11.4. The Kier molecular flexibility index (Phi) is 11.4. The van der Waals surface area contributed by atoms with Crippen LogP contribution in [0.1, 0.15) is 64.7 Å². The Labute approximate surface area is 106 Å². The van der Waals surface area contributed by atoms with E-state index < -0.39 is 0 Å². The first-order valence-corrected chi connectivity index (χ1v) is 6.95. The van der Waals surface area contributed by atoms with E-state index in [9.17, 15) is 4.79 Å². The monoisotopic (exact) mass is 243 g/mol. The number of hydrogen-bond donors (Lipinski definition) is 3. The van der Waals surface area contributed by atoms with Crippen molar-refractivity contribution in [2.75, 3.05) is 6.54 Å². The summed E-state index contributed by atoms with van der Waals surface area (Å²) in [5.41, 5.74) is 11.2. The van der Waals surface area contributed by atoms with Gasteiger partial charge in [-0.1, -0.05) is 39.0 Å². The maximum absolute atomic E-state index is 11.4. The van der Waals surface area contributed by atoms with Crippen molar-refractivity contribution < 1.29 is 4.79 Å². The summed E-state index contributed by atoms with van der Waals surface area (Å²) in [6, 6.07) is 0. The van der Waals surface area contributed by atoms with Gasteiger partial charge in [-0.05, 0) is 25.8 Å². The average Bonchev–Trinajstić information content (AvgIpc) is 2.29. The van der Waals surface area contributed by atoms with Crippen LogP contribution in [-0.4, -0.2) is 18.6 Å². The van der Waals surface area contributed by atoms with Gasteiger partial charge in [-0.25, -0.2) is 0 Å². The van der Waals surface area contributed by atoms with Gasteiger partial charge in [-0.15, -0.1) is 0 Å². The zero-order valence-electron chi connectivity index (χ0n) is 11.2. The van der Waals surface area contributed by atoms with Crippen LogP contribution in [0, 0.1) is 0 Å². The summed E-state index contributed by atoms with van der Waals surface area (Å²) in [6.45, 7) is 2.85. The van der Waals surface area contributed by atoms with Crippen molar-refractivity contribution in [1.82, 2.24) is 5.32 Å². The van der Waals surface area contributed by atoms with Crippen LogP contribution in [0.3, 0.4) is 0 Å². The van der Waals surface area contributed by atoms with Crippen molar-refractivity contribution in [3.63, 3.8) is 0 Å².